The molecule has 3 N–H and O–H groups in total. The standard InChI is InChI=1S/C15H26N4O/c1-9(2)12-6-5-10(3)7-13(12)20-14-8-11(4)17-15(18-14)19-16/h8-10,12-13H,5-7,16H2,1-4H3,(H,17,18,19). The van der Waals surface area contributed by atoms with E-state index >= 15 is 0 Å². The minimum atomic E-state index is 0.235. The zero-order valence-electron chi connectivity index (χ0n) is 12.9. The highest BCUT2D eigenvalue weighted by molar-refractivity contribution is 5.29. The smallest absolute Gasteiger partial charge is 0.240 e. The van der Waals surface area contributed by atoms with Crippen LogP contribution in [0.1, 0.15) is 45.7 Å². The van der Waals surface area contributed by atoms with E-state index < -0.39 is 0 Å². The average molecular weight is 278 g/mol. The maximum absolute atomic E-state index is 6.18. The summed E-state index contributed by atoms with van der Waals surface area (Å²) in [5, 5.41) is 0. The first kappa shape index (κ1) is 15.0. The molecule has 1 aromatic rings. The number of hydrazine groups is 1. The zero-order valence-corrected chi connectivity index (χ0v) is 12.9. The molecule has 1 aliphatic carbocycles. The van der Waals surface area contributed by atoms with Gasteiger partial charge in [0.25, 0.3) is 0 Å². The molecule has 1 aromatic heterocycles. The number of nitrogens with one attached hydrogen (secondary N) is 1. The summed E-state index contributed by atoms with van der Waals surface area (Å²) >= 11 is 0. The van der Waals surface area contributed by atoms with Crippen LogP contribution < -0.4 is 16.0 Å². The van der Waals surface area contributed by atoms with E-state index in [4.69, 9.17) is 10.6 Å². The maximum Gasteiger partial charge on any atom is 0.240 e. The van der Waals surface area contributed by atoms with E-state index in [2.05, 4.69) is 36.2 Å². The van der Waals surface area contributed by atoms with Crippen molar-refractivity contribution in [2.45, 2.75) is 53.1 Å². The van der Waals surface area contributed by atoms with Crippen molar-refractivity contribution in [3.63, 3.8) is 0 Å². The Kier molecular flexibility index (Phi) is 4.81. The normalized spacial score (nSPS) is 26.6. The minimum absolute atomic E-state index is 0.235. The molecule has 1 fully saturated rings. The van der Waals surface area contributed by atoms with E-state index in [1.807, 2.05) is 13.0 Å². The summed E-state index contributed by atoms with van der Waals surface area (Å²) in [6.07, 6.45) is 3.85. The van der Waals surface area contributed by atoms with Crippen LogP contribution in [0.3, 0.4) is 0 Å². The Bertz CT molecular complexity index is 449. The molecule has 0 bridgehead atoms. The molecular weight excluding hydrogens is 252 g/mol. The monoisotopic (exact) mass is 278 g/mol. The first-order chi connectivity index (χ1) is 9.49. The van der Waals surface area contributed by atoms with Crippen LogP contribution in [-0.4, -0.2) is 16.1 Å². The van der Waals surface area contributed by atoms with Crippen molar-refractivity contribution in [2.24, 2.45) is 23.6 Å². The minimum Gasteiger partial charge on any atom is -0.474 e. The fourth-order valence-electron chi connectivity index (χ4n) is 3.07. The molecule has 0 spiro atoms. The van der Waals surface area contributed by atoms with Gasteiger partial charge >= 0.3 is 0 Å². The second-order valence-electron chi connectivity index (χ2n) is 6.30. The summed E-state index contributed by atoms with van der Waals surface area (Å²) in [6.45, 7) is 8.76. The van der Waals surface area contributed by atoms with Crippen molar-refractivity contribution in [3.05, 3.63) is 11.8 Å². The number of aryl methyl sites for hydroxylation is 1. The molecule has 20 heavy (non-hydrogen) atoms. The van der Waals surface area contributed by atoms with Crippen LogP contribution in [0.15, 0.2) is 6.07 Å². The van der Waals surface area contributed by atoms with Gasteiger partial charge in [-0.15, -0.1) is 0 Å². The first-order valence-electron chi connectivity index (χ1n) is 7.48. The van der Waals surface area contributed by atoms with Crippen molar-refractivity contribution in [3.8, 4) is 5.88 Å². The molecular formula is C15H26N4O. The molecule has 5 heteroatoms. The number of ether oxygens (including phenoxy) is 1. The van der Waals surface area contributed by atoms with Crippen molar-refractivity contribution >= 4 is 5.95 Å². The Morgan fingerprint density at radius 2 is 2.10 bits per heavy atom. The van der Waals surface area contributed by atoms with E-state index in [0.29, 0.717) is 29.6 Å². The molecule has 0 radical (unpaired) electrons. The number of nitrogens with zero attached hydrogens (tertiary/aromatic N) is 2. The molecule has 0 amide bonds. The Balaban J connectivity index is 2.15. The fourth-order valence-corrected chi connectivity index (χ4v) is 3.07. The van der Waals surface area contributed by atoms with Crippen LogP contribution >= 0.6 is 0 Å². The van der Waals surface area contributed by atoms with Gasteiger partial charge in [0.1, 0.15) is 6.10 Å². The van der Waals surface area contributed by atoms with Gasteiger partial charge < -0.3 is 4.74 Å². The van der Waals surface area contributed by atoms with Crippen molar-refractivity contribution in [2.75, 3.05) is 5.43 Å². The Hall–Kier alpha value is -1.36. The number of nitrogens with two attached hydrogens (primary N) is 1. The van der Waals surface area contributed by atoms with Gasteiger partial charge in [0, 0.05) is 11.8 Å². The lowest BCUT2D eigenvalue weighted by Gasteiger charge is -2.37. The number of aromatic nitrogens is 2. The third-order valence-electron chi connectivity index (χ3n) is 4.19. The molecule has 3 atom stereocenters. The predicted octanol–water partition coefficient (Wildman–Crippen LogP) is 2.91. The van der Waals surface area contributed by atoms with Crippen LogP contribution in [0.5, 0.6) is 5.88 Å². The molecule has 0 saturated heterocycles. The number of hydrogen-bond donors (Lipinski definition) is 2. The summed E-state index contributed by atoms with van der Waals surface area (Å²) < 4.78 is 6.18. The zero-order chi connectivity index (χ0) is 14.7. The van der Waals surface area contributed by atoms with Crippen LogP contribution in [-0.2, 0) is 0 Å². The van der Waals surface area contributed by atoms with Gasteiger partial charge in [0.15, 0.2) is 0 Å². The van der Waals surface area contributed by atoms with E-state index in [-0.39, 0.29) is 6.10 Å². The summed E-state index contributed by atoms with van der Waals surface area (Å²) in [6, 6.07) is 1.87. The Morgan fingerprint density at radius 1 is 1.35 bits per heavy atom. The number of anilines is 1. The number of hydrogen-bond acceptors (Lipinski definition) is 5. The van der Waals surface area contributed by atoms with Gasteiger partial charge in [-0.1, -0.05) is 27.2 Å². The largest absolute Gasteiger partial charge is 0.474 e. The van der Waals surface area contributed by atoms with Crippen molar-refractivity contribution < 1.29 is 4.74 Å². The maximum atomic E-state index is 6.18. The van der Waals surface area contributed by atoms with E-state index in [9.17, 15) is 0 Å². The molecule has 1 aliphatic rings. The fraction of sp³-hybridized carbons (Fsp3) is 0.733. The lowest BCUT2D eigenvalue weighted by atomic mass is 9.75. The van der Waals surface area contributed by atoms with Gasteiger partial charge in [-0.3, -0.25) is 5.43 Å². The van der Waals surface area contributed by atoms with Gasteiger partial charge in [-0.2, -0.15) is 4.98 Å². The molecule has 5 nitrogen and oxygen atoms in total. The first-order valence-corrected chi connectivity index (χ1v) is 7.48. The second-order valence-corrected chi connectivity index (χ2v) is 6.30. The average Bonchev–Trinajstić information content (AvgIpc) is 2.37. The SMILES string of the molecule is Cc1cc(OC2CC(C)CCC2C(C)C)nc(NN)n1. The van der Waals surface area contributed by atoms with Crippen LogP contribution in [0.25, 0.3) is 0 Å². The number of nitrogen functional groups attached to an aromatic ring is 1. The molecule has 0 aromatic carbocycles. The molecule has 112 valence electrons. The van der Waals surface area contributed by atoms with Gasteiger partial charge in [-0.25, -0.2) is 10.8 Å². The van der Waals surface area contributed by atoms with Crippen LogP contribution in [0, 0.1) is 24.7 Å². The van der Waals surface area contributed by atoms with E-state index in [0.717, 1.165) is 12.1 Å². The third kappa shape index (κ3) is 3.60. The van der Waals surface area contributed by atoms with Crippen LogP contribution in [0.4, 0.5) is 5.95 Å². The summed E-state index contributed by atoms with van der Waals surface area (Å²) in [4.78, 5) is 8.48. The molecule has 0 aliphatic heterocycles. The van der Waals surface area contributed by atoms with Crippen molar-refractivity contribution in [1.29, 1.82) is 0 Å². The molecule has 2 rings (SSSR count). The molecule has 3 unspecified atom stereocenters. The van der Waals surface area contributed by atoms with Gasteiger partial charge in [0.05, 0.1) is 0 Å². The summed E-state index contributed by atoms with van der Waals surface area (Å²) in [5.41, 5.74) is 3.34. The van der Waals surface area contributed by atoms with Gasteiger partial charge in [0.2, 0.25) is 11.8 Å². The van der Waals surface area contributed by atoms with Crippen molar-refractivity contribution in [1.82, 2.24) is 9.97 Å². The highest BCUT2D eigenvalue weighted by atomic mass is 16.5. The third-order valence-corrected chi connectivity index (χ3v) is 4.19. The second kappa shape index (κ2) is 6.39. The molecule has 1 heterocycles. The number of rotatable bonds is 4. The lowest BCUT2D eigenvalue weighted by molar-refractivity contribution is 0.0426. The lowest BCUT2D eigenvalue weighted by Crippen LogP contribution is -2.36. The topological polar surface area (TPSA) is 73.1 Å². The Labute approximate surface area is 121 Å². The van der Waals surface area contributed by atoms with Crippen LogP contribution in [0.2, 0.25) is 0 Å². The summed E-state index contributed by atoms with van der Waals surface area (Å²) in [5.74, 6) is 8.35. The highest BCUT2D eigenvalue weighted by Gasteiger charge is 2.32. The predicted molar refractivity (Wildman–Crippen MR) is 80.3 cm³/mol. The van der Waals surface area contributed by atoms with E-state index in [1.54, 1.807) is 0 Å². The van der Waals surface area contributed by atoms with Gasteiger partial charge in [-0.05, 0) is 37.5 Å². The summed E-state index contributed by atoms with van der Waals surface area (Å²) in [7, 11) is 0. The highest BCUT2D eigenvalue weighted by Crippen LogP contribution is 2.35. The molecule has 1 saturated carbocycles. The Morgan fingerprint density at radius 3 is 2.75 bits per heavy atom. The quantitative estimate of drug-likeness (QED) is 0.654. The van der Waals surface area contributed by atoms with E-state index in [1.165, 1.54) is 12.8 Å².